The van der Waals surface area contributed by atoms with Crippen LogP contribution in [0.1, 0.15) is 101 Å². The molecule has 0 radical (unpaired) electrons. The number of fused-ring (bicyclic) bond motifs is 1. The molecule has 0 aromatic heterocycles. The molecule has 3 nitrogen and oxygen atoms in total. The number of aromatic hydroxyl groups is 1. The second-order valence-corrected chi connectivity index (χ2v) is 9.60. The summed E-state index contributed by atoms with van der Waals surface area (Å²) < 4.78 is 6.38. The van der Waals surface area contributed by atoms with Crippen molar-refractivity contribution in [1.29, 1.82) is 0 Å². The van der Waals surface area contributed by atoms with Gasteiger partial charge in [-0.1, -0.05) is 34.9 Å². The molecule has 1 aliphatic heterocycles. The standard InChI is InChI=1S/C28H40O3/c1-20(2)10-7-11-21(3)12-8-13-22(4)14-9-16-28(6)17-15-24-25(19-29)26(30)18-23(5)27(24)31-28/h10,12,14,18-19,30H,7-9,11,13,15-17H2,1-6H3/t28-/m1/s1. The van der Waals surface area contributed by atoms with Gasteiger partial charge in [-0.2, -0.15) is 0 Å². The molecule has 1 aromatic rings. The zero-order chi connectivity index (χ0) is 23.0. The fourth-order valence-electron chi connectivity index (χ4n) is 4.21. The van der Waals surface area contributed by atoms with Gasteiger partial charge >= 0.3 is 0 Å². The molecule has 1 aliphatic rings. The largest absolute Gasteiger partial charge is 0.507 e. The maximum absolute atomic E-state index is 11.4. The molecule has 1 atom stereocenters. The summed E-state index contributed by atoms with van der Waals surface area (Å²) in [6.07, 6.45) is 15.8. The van der Waals surface area contributed by atoms with Gasteiger partial charge in [-0.3, -0.25) is 4.79 Å². The highest BCUT2D eigenvalue weighted by Crippen LogP contribution is 2.42. The Balaban J connectivity index is 1.87. The van der Waals surface area contributed by atoms with Gasteiger partial charge in [-0.15, -0.1) is 0 Å². The third kappa shape index (κ3) is 7.41. The van der Waals surface area contributed by atoms with Gasteiger partial charge in [0, 0.05) is 5.56 Å². The first-order valence-corrected chi connectivity index (χ1v) is 11.6. The predicted molar refractivity (Wildman–Crippen MR) is 130 cm³/mol. The molecule has 0 fully saturated rings. The number of ether oxygens (including phenoxy) is 1. The van der Waals surface area contributed by atoms with E-state index in [9.17, 15) is 9.90 Å². The van der Waals surface area contributed by atoms with Crippen molar-refractivity contribution in [3.05, 3.63) is 57.7 Å². The molecule has 1 N–H and O–H groups in total. The van der Waals surface area contributed by atoms with E-state index in [2.05, 4.69) is 52.8 Å². The van der Waals surface area contributed by atoms with Crippen LogP contribution in [-0.2, 0) is 6.42 Å². The Morgan fingerprint density at radius 2 is 1.68 bits per heavy atom. The fraction of sp³-hybridized carbons (Fsp3) is 0.536. The number of rotatable bonds is 10. The summed E-state index contributed by atoms with van der Waals surface area (Å²) in [6.45, 7) is 12.8. The van der Waals surface area contributed by atoms with Crippen molar-refractivity contribution in [1.82, 2.24) is 0 Å². The lowest BCUT2D eigenvalue weighted by atomic mass is 9.86. The van der Waals surface area contributed by atoms with Crippen molar-refractivity contribution in [3.8, 4) is 11.5 Å². The van der Waals surface area contributed by atoms with E-state index in [1.807, 2.05) is 6.92 Å². The molecule has 2 rings (SSSR count). The van der Waals surface area contributed by atoms with Crippen molar-refractivity contribution in [2.45, 2.75) is 98.5 Å². The summed E-state index contributed by atoms with van der Waals surface area (Å²) in [5.74, 6) is 0.835. The predicted octanol–water partition coefficient (Wildman–Crippen LogP) is 7.80. The number of aryl methyl sites for hydroxylation is 1. The monoisotopic (exact) mass is 424 g/mol. The van der Waals surface area contributed by atoms with Crippen molar-refractivity contribution >= 4 is 6.29 Å². The first kappa shape index (κ1) is 25.0. The Labute approximate surface area is 188 Å². The molecule has 0 bridgehead atoms. The Morgan fingerprint density at radius 1 is 1.06 bits per heavy atom. The molecule has 0 amide bonds. The quantitative estimate of drug-likeness (QED) is 0.308. The molecule has 1 aromatic carbocycles. The minimum absolute atomic E-state index is 0.0539. The van der Waals surface area contributed by atoms with Gasteiger partial charge in [-0.05, 0) is 105 Å². The summed E-state index contributed by atoms with van der Waals surface area (Å²) in [7, 11) is 0. The molecule has 3 heteroatoms. The summed E-state index contributed by atoms with van der Waals surface area (Å²) in [6, 6.07) is 1.63. The molecule has 0 spiro atoms. The second-order valence-electron chi connectivity index (χ2n) is 9.60. The van der Waals surface area contributed by atoms with Crippen LogP contribution in [0.15, 0.2) is 41.0 Å². The Bertz CT molecular complexity index is 869. The maximum atomic E-state index is 11.4. The van der Waals surface area contributed by atoms with E-state index in [1.54, 1.807) is 6.07 Å². The highest BCUT2D eigenvalue weighted by molar-refractivity contribution is 5.83. The molecule has 0 unspecified atom stereocenters. The van der Waals surface area contributed by atoms with E-state index >= 15 is 0 Å². The van der Waals surface area contributed by atoms with Crippen LogP contribution < -0.4 is 4.74 Å². The Kier molecular flexibility index (Phi) is 9.15. The first-order chi connectivity index (χ1) is 14.6. The van der Waals surface area contributed by atoms with Crippen LogP contribution in [0.3, 0.4) is 0 Å². The summed E-state index contributed by atoms with van der Waals surface area (Å²) in [4.78, 5) is 11.4. The van der Waals surface area contributed by atoms with Crippen LogP contribution in [0.25, 0.3) is 0 Å². The van der Waals surface area contributed by atoms with Gasteiger partial charge in [0.05, 0.1) is 5.56 Å². The number of hydrogen-bond acceptors (Lipinski definition) is 3. The van der Waals surface area contributed by atoms with E-state index < -0.39 is 0 Å². The van der Waals surface area contributed by atoms with Crippen molar-refractivity contribution in [3.63, 3.8) is 0 Å². The van der Waals surface area contributed by atoms with Gasteiger partial charge in [0.2, 0.25) is 0 Å². The number of allylic oxidation sites excluding steroid dienone is 6. The lowest BCUT2D eigenvalue weighted by Crippen LogP contribution is -2.36. The van der Waals surface area contributed by atoms with E-state index in [0.717, 1.165) is 74.5 Å². The molecule has 0 saturated carbocycles. The highest BCUT2D eigenvalue weighted by Gasteiger charge is 2.33. The van der Waals surface area contributed by atoms with Gasteiger partial charge in [-0.25, -0.2) is 0 Å². The smallest absolute Gasteiger partial charge is 0.154 e. The van der Waals surface area contributed by atoms with Crippen LogP contribution in [-0.4, -0.2) is 17.0 Å². The summed E-state index contributed by atoms with van der Waals surface area (Å²) >= 11 is 0. The maximum Gasteiger partial charge on any atom is 0.154 e. The molecule has 0 aliphatic carbocycles. The van der Waals surface area contributed by atoms with Crippen LogP contribution in [0, 0.1) is 6.92 Å². The molecular weight excluding hydrogens is 384 g/mol. The van der Waals surface area contributed by atoms with Gasteiger partial charge in [0.1, 0.15) is 17.1 Å². The third-order valence-electron chi connectivity index (χ3n) is 6.25. The number of benzene rings is 1. The number of phenolic OH excluding ortho intramolecular Hbond substituents is 1. The number of carbonyl (C=O) groups is 1. The average molecular weight is 425 g/mol. The average Bonchev–Trinajstić information content (AvgIpc) is 2.68. The van der Waals surface area contributed by atoms with E-state index in [0.29, 0.717) is 5.56 Å². The van der Waals surface area contributed by atoms with Crippen LogP contribution in [0.2, 0.25) is 0 Å². The van der Waals surface area contributed by atoms with Crippen molar-refractivity contribution in [2.24, 2.45) is 0 Å². The minimum Gasteiger partial charge on any atom is -0.507 e. The fourth-order valence-corrected chi connectivity index (χ4v) is 4.21. The zero-order valence-corrected chi connectivity index (χ0v) is 20.3. The summed E-state index contributed by atoms with van der Waals surface area (Å²) in [5, 5.41) is 10.0. The normalized spacial score (nSPS) is 18.9. The van der Waals surface area contributed by atoms with E-state index in [1.165, 1.54) is 16.7 Å². The SMILES string of the molecule is CC(C)=CCCC(C)=CCCC(C)=CCC[C@]1(C)CCc2c(C=O)c(O)cc(C)c2O1. The molecule has 31 heavy (non-hydrogen) atoms. The van der Waals surface area contributed by atoms with E-state index in [-0.39, 0.29) is 11.4 Å². The molecular formula is C28H40O3. The molecule has 170 valence electrons. The van der Waals surface area contributed by atoms with Crippen molar-refractivity contribution in [2.75, 3.05) is 0 Å². The molecule has 0 saturated heterocycles. The van der Waals surface area contributed by atoms with Gasteiger partial charge in [0.25, 0.3) is 0 Å². The number of phenols is 1. The first-order valence-electron chi connectivity index (χ1n) is 11.6. The number of hydrogen-bond donors (Lipinski definition) is 1. The van der Waals surface area contributed by atoms with E-state index in [4.69, 9.17) is 4.74 Å². The van der Waals surface area contributed by atoms with Crippen LogP contribution >= 0.6 is 0 Å². The zero-order valence-electron chi connectivity index (χ0n) is 20.3. The minimum atomic E-state index is -0.243. The Morgan fingerprint density at radius 3 is 2.29 bits per heavy atom. The topological polar surface area (TPSA) is 46.5 Å². The van der Waals surface area contributed by atoms with Crippen molar-refractivity contribution < 1.29 is 14.6 Å². The Hall–Kier alpha value is -2.29. The highest BCUT2D eigenvalue weighted by atomic mass is 16.5. The third-order valence-corrected chi connectivity index (χ3v) is 6.25. The van der Waals surface area contributed by atoms with Crippen LogP contribution in [0.5, 0.6) is 11.5 Å². The molecule has 1 heterocycles. The van der Waals surface area contributed by atoms with Crippen LogP contribution in [0.4, 0.5) is 0 Å². The van der Waals surface area contributed by atoms with Gasteiger partial charge < -0.3 is 9.84 Å². The lowest BCUT2D eigenvalue weighted by Gasteiger charge is -2.37. The van der Waals surface area contributed by atoms with Gasteiger partial charge in [0.15, 0.2) is 6.29 Å². The second kappa shape index (κ2) is 11.4. The number of carbonyl (C=O) groups excluding carboxylic acids is 1. The lowest BCUT2D eigenvalue weighted by molar-refractivity contribution is 0.0557. The number of aldehydes is 1. The summed E-state index contributed by atoms with van der Waals surface area (Å²) in [5.41, 5.74) is 6.17.